The van der Waals surface area contributed by atoms with Crippen molar-refractivity contribution < 1.29 is 19.5 Å². The maximum Gasteiger partial charge on any atom is 0.315 e. The van der Waals surface area contributed by atoms with Crippen LogP contribution in [-0.4, -0.2) is 52.5 Å². The molecule has 2 heterocycles. The molecule has 0 aliphatic carbocycles. The van der Waals surface area contributed by atoms with Gasteiger partial charge in [-0.1, -0.05) is 6.42 Å². The molecule has 130 valence electrons. The standard InChI is InChI=1S/C15H25N3O4S/c16-7-3-4-9(14(20)21)11(19)5-1-2-6-12-13-10(8-23-12)17-15(22)18-13/h9-10,12-13H,1-8,16H2,(H,20,21)(H2,17,18,22)/t9?,10-,12-,13-/m0/s1. The molecule has 5 N–H and O–H groups in total. The quantitative estimate of drug-likeness (QED) is 0.263. The molecule has 0 aromatic carbocycles. The molecule has 0 aromatic rings. The number of amides is 2. The molecule has 1 unspecified atom stereocenters. The monoisotopic (exact) mass is 343 g/mol. The molecule has 0 bridgehead atoms. The minimum absolute atomic E-state index is 0.0929. The van der Waals surface area contributed by atoms with Gasteiger partial charge in [-0.15, -0.1) is 0 Å². The van der Waals surface area contributed by atoms with Crippen LogP contribution < -0.4 is 16.4 Å². The van der Waals surface area contributed by atoms with Crippen LogP contribution in [0, 0.1) is 5.92 Å². The number of Topliss-reactive ketones (excluding diaryl/α,β-unsaturated/α-hetero) is 1. The zero-order chi connectivity index (χ0) is 16.8. The Hall–Kier alpha value is -1.28. The molecule has 23 heavy (non-hydrogen) atoms. The van der Waals surface area contributed by atoms with Crippen molar-refractivity contribution in [2.75, 3.05) is 12.3 Å². The molecule has 2 saturated heterocycles. The lowest BCUT2D eigenvalue weighted by atomic mass is 9.94. The molecule has 0 spiro atoms. The van der Waals surface area contributed by atoms with Crippen molar-refractivity contribution in [2.24, 2.45) is 11.7 Å². The van der Waals surface area contributed by atoms with Gasteiger partial charge in [0.1, 0.15) is 11.7 Å². The number of unbranched alkanes of at least 4 members (excludes halogenated alkanes) is 1. The minimum atomic E-state index is -1.04. The molecule has 8 heteroatoms. The second-order valence-corrected chi connectivity index (χ2v) is 7.43. The molecule has 2 aliphatic heterocycles. The van der Waals surface area contributed by atoms with Crippen molar-refractivity contribution in [3.63, 3.8) is 0 Å². The molecule has 2 amide bonds. The average molecular weight is 343 g/mol. The number of fused-ring (bicyclic) bond motifs is 1. The first-order chi connectivity index (χ1) is 11.0. The van der Waals surface area contributed by atoms with E-state index >= 15 is 0 Å². The van der Waals surface area contributed by atoms with E-state index in [0.717, 1.165) is 18.6 Å². The molecule has 4 atom stereocenters. The predicted octanol–water partition coefficient (Wildman–Crippen LogP) is 0.721. The Balaban J connectivity index is 1.67. The number of carbonyl (C=O) groups excluding carboxylic acids is 2. The number of rotatable bonds is 10. The third-order valence-corrected chi connectivity index (χ3v) is 5.99. The second-order valence-electron chi connectivity index (χ2n) is 6.16. The van der Waals surface area contributed by atoms with Gasteiger partial charge in [0.2, 0.25) is 0 Å². The number of hydrogen-bond donors (Lipinski definition) is 4. The second kappa shape index (κ2) is 8.54. The number of carboxylic acid groups (broad SMARTS) is 1. The third kappa shape index (κ3) is 4.84. The minimum Gasteiger partial charge on any atom is -0.481 e. The highest BCUT2D eigenvalue weighted by Gasteiger charge is 2.42. The smallest absolute Gasteiger partial charge is 0.315 e. The van der Waals surface area contributed by atoms with Gasteiger partial charge in [-0.2, -0.15) is 11.8 Å². The zero-order valence-electron chi connectivity index (χ0n) is 13.1. The van der Waals surface area contributed by atoms with E-state index in [1.165, 1.54) is 0 Å². The number of carbonyl (C=O) groups is 3. The molecule has 0 aromatic heterocycles. The Morgan fingerprint density at radius 3 is 2.78 bits per heavy atom. The first kappa shape index (κ1) is 18.1. The number of nitrogens with one attached hydrogen (secondary N) is 2. The number of hydrogen-bond acceptors (Lipinski definition) is 5. The maximum absolute atomic E-state index is 12.0. The van der Waals surface area contributed by atoms with Gasteiger partial charge in [-0.3, -0.25) is 9.59 Å². The van der Waals surface area contributed by atoms with Gasteiger partial charge >= 0.3 is 12.0 Å². The van der Waals surface area contributed by atoms with Crippen LogP contribution in [0.5, 0.6) is 0 Å². The largest absolute Gasteiger partial charge is 0.481 e. The van der Waals surface area contributed by atoms with Crippen LogP contribution in [0.25, 0.3) is 0 Å². The Morgan fingerprint density at radius 1 is 1.30 bits per heavy atom. The Morgan fingerprint density at radius 2 is 2.09 bits per heavy atom. The van der Waals surface area contributed by atoms with Gasteiger partial charge in [0.25, 0.3) is 0 Å². The Bertz CT molecular complexity index is 460. The van der Waals surface area contributed by atoms with E-state index < -0.39 is 11.9 Å². The fraction of sp³-hybridized carbons (Fsp3) is 0.800. The zero-order valence-corrected chi connectivity index (χ0v) is 13.9. The fourth-order valence-corrected chi connectivity index (χ4v) is 4.75. The third-order valence-electron chi connectivity index (χ3n) is 4.48. The highest BCUT2D eigenvalue weighted by Crippen LogP contribution is 2.33. The van der Waals surface area contributed by atoms with Crippen LogP contribution in [0.4, 0.5) is 4.79 Å². The predicted molar refractivity (Wildman–Crippen MR) is 88.4 cm³/mol. The van der Waals surface area contributed by atoms with E-state index in [4.69, 9.17) is 10.8 Å². The summed E-state index contributed by atoms with van der Waals surface area (Å²) in [6.45, 7) is 0.401. The summed E-state index contributed by atoms with van der Waals surface area (Å²) in [4.78, 5) is 34.5. The van der Waals surface area contributed by atoms with E-state index in [1.807, 2.05) is 11.8 Å². The average Bonchev–Trinajstić information content (AvgIpc) is 3.03. The van der Waals surface area contributed by atoms with Gasteiger partial charge in [-0.25, -0.2) is 4.79 Å². The summed E-state index contributed by atoms with van der Waals surface area (Å²) in [5.74, 6) is -1.23. The van der Waals surface area contributed by atoms with Gasteiger partial charge in [0, 0.05) is 17.4 Å². The summed E-state index contributed by atoms with van der Waals surface area (Å²) in [5.41, 5.74) is 5.38. The number of nitrogens with two attached hydrogens (primary N) is 1. The maximum atomic E-state index is 12.0. The SMILES string of the molecule is NCCCC(C(=O)O)C(=O)CCCC[C@@H]1SC[C@@H]2NC(=O)N[C@@H]21. The molecular formula is C15H25N3O4S. The summed E-state index contributed by atoms with van der Waals surface area (Å²) in [7, 11) is 0. The first-order valence-electron chi connectivity index (χ1n) is 8.17. The van der Waals surface area contributed by atoms with Gasteiger partial charge < -0.3 is 21.5 Å². The van der Waals surface area contributed by atoms with Gasteiger partial charge in [0.05, 0.1) is 12.1 Å². The van der Waals surface area contributed by atoms with Crippen molar-refractivity contribution in [1.82, 2.24) is 10.6 Å². The van der Waals surface area contributed by atoms with E-state index in [9.17, 15) is 14.4 Å². The number of carboxylic acids is 1. The molecule has 7 nitrogen and oxygen atoms in total. The summed E-state index contributed by atoms with van der Waals surface area (Å²) >= 11 is 1.85. The van der Waals surface area contributed by atoms with Crippen molar-refractivity contribution in [3.05, 3.63) is 0 Å². The number of urea groups is 1. The number of thioether (sulfide) groups is 1. The van der Waals surface area contributed by atoms with Crippen LogP contribution in [0.15, 0.2) is 0 Å². The van der Waals surface area contributed by atoms with Gasteiger partial charge in [0.15, 0.2) is 0 Å². The summed E-state index contributed by atoms with van der Waals surface area (Å²) < 4.78 is 0. The van der Waals surface area contributed by atoms with Crippen molar-refractivity contribution in [3.8, 4) is 0 Å². The van der Waals surface area contributed by atoms with Crippen molar-refractivity contribution >= 4 is 29.5 Å². The lowest BCUT2D eigenvalue weighted by Gasteiger charge is -2.16. The van der Waals surface area contributed by atoms with Crippen LogP contribution in [0.3, 0.4) is 0 Å². The molecule has 2 rings (SSSR count). The number of ketones is 1. The van der Waals surface area contributed by atoms with Crippen LogP contribution in [0.1, 0.15) is 38.5 Å². The topological polar surface area (TPSA) is 122 Å². The summed E-state index contributed by atoms with van der Waals surface area (Å²) in [6.07, 6.45) is 3.67. The van der Waals surface area contributed by atoms with E-state index in [1.54, 1.807) is 0 Å². The molecule has 2 fully saturated rings. The Kier molecular flexibility index (Phi) is 6.71. The highest BCUT2D eigenvalue weighted by atomic mass is 32.2. The molecule has 0 radical (unpaired) electrons. The van der Waals surface area contributed by atoms with E-state index in [-0.39, 0.29) is 23.9 Å². The van der Waals surface area contributed by atoms with Crippen LogP contribution in [-0.2, 0) is 9.59 Å². The van der Waals surface area contributed by atoms with Gasteiger partial charge in [-0.05, 0) is 32.2 Å². The van der Waals surface area contributed by atoms with Crippen molar-refractivity contribution in [1.29, 1.82) is 0 Å². The van der Waals surface area contributed by atoms with E-state index in [2.05, 4.69) is 10.6 Å². The van der Waals surface area contributed by atoms with Crippen LogP contribution in [0.2, 0.25) is 0 Å². The first-order valence-corrected chi connectivity index (χ1v) is 9.22. The lowest BCUT2D eigenvalue weighted by Crippen LogP contribution is -2.36. The molecular weight excluding hydrogens is 318 g/mol. The van der Waals surface area contributed by atoms with Crippen molar-refractivity contribution in [2.45, 2.75) is 55.9 Å². The summed E-state index contributed by atoms with van der Waals surface area (Å²) in [6, 6.07) is 0.302. The fourth-order valence-electron chi connectivity index (χ4n) is 3.21. The lowest BCUT2D eigenvalue weighted by molar-refractivity contribution is -0.146. The Labute approximate surface area is 140 Å². The van der Waals surface area contributed by atoms with Crippen LogP contribution >= 0.6 is 11.8 Å². The molecule has 0 saturated carbocycles. The molecule has 2 aliphatic rings. The summed E-state index contributed by atoms with van der Waals surface area (Å²) in [5, 5.41) is 15.3. The normalized spacial score (nSPS) is 27.2. The highest BCUT2D eigenvalue weighted by molar-refractivity contribution is 8.00. The number of aliphatic carboxylic acids is 1. The van der Waals surface area contributed by atoms with E-state index in [0.29, 0.717) is 37.5 Å².